The number of likely N-dealkylation sites (N-methyl/N-ethyl adjacent to an activating group) is 1. The highest BCUT2D eigenvalue weighted by Crippen LogP contribution is 2.35. The fourth-order valence-corrected chi connectivity index (χ4v) is 3.47. The number of halogens is 1. The summed E-state index contributed by atoms with van der Waals surface area (Å²) in [7, 11) is 0. The first kappa shape index (κ1) is 17.4. The number of aromatic hydroxyl groups is 1. The van der Waals surface area contributed by atoms with Crippen LogP contribution in [0.3, 0.4) is 0 Å². The number of rotatable bonds is 5. The molecule has 0 bridgehead atoms. The number of benzene rings is 1. The maximum absolute atomic E-state index is 13.9. The normalized spacial score (nSPS) is 16.2. The highest BCUT2D eigenvalue weighted by atomic mass is 19.1. The van der Waals surface area contributed by atoms with Crippen LogP contribution in [0.15, 0.2) is 16.9 Å². The highest BCUT2D eigenvalue weighted by molar-refractivity contribution is 6.03. The van der Waals surface area contributed by atoms with Gasteiger partial charge in [0.15, 0.2) is 0 Å². The lowest BCUT2D eigenvalue weighted by Gasteiger charge is -2.26. The maximum Gasteiger partial charge on any atom is 0.267 e. The molecule has 0 aliphatic carbocycles. The van der Waals surface area contributed by atoms with E-state index in [2.05, 4.69) is 5.32 Å². The molecule has 1 aliphatic rings. The number of hydrogen-bond acceptors (Lipinski definition) is 3. The van der Waals surface area contributed by atoms with Crippen molar-refractivity contribution in [3.8, 4) is 5.75 Å². The molecule has 0 saturated heterocycles. The van der Waals surface area contributed by atoms with Gasteiger partial charge in [-0.2, -0.15) is 0 Å². The summed E-state index contributed by atoms with van der Waals surface area (Å²) >= 11 is 0. The van der Waals surface area contributed by atoms with E-state index in [1.54, 1.807) is 0 Å². The van der Waals surface area contributed by atoms with E-state index >= 15 is 0 Å². The van der Waals surface area contributed by atoms with Gasteiger partial charge in [0.1, 0.15) is 17.1 Å². The molecule has 0 fully saturated rings. The van der Waals surface area contributed by atoms with Gasteiger partial charge in [-0.25, -0.2) is 4.39 Å². The maximum atomic E-state index is 13.9. The molecule has 25 heavy (non-hydrogen) atoms. The van der Waals surface area contributed by atoms with Crippen LogP contribution in [0.5, 0.6) is 5.75 Å². The molecular weight excluding hydrogens is 325 g/mol. The van der Waals surface area contributed by atoms with Crippen molar-refractivity contribution in [1.82, 2.24) is 9.88 Å². The fourth-order valence-electron chi connectivity index (χ4n) is 3.47. The summed E-state index contributed by atoms with van der Waals surface area (Å²) in [6.45, 7) is 5.85. The molecule has 1 amide bonds. The minimum Gasteiger partial charge on any atom is -0.506 e. The molecular formula is C18H23FN3O3+. The van der Waals surface area contributed by atoms with Crippen LogP contribution in [0.25, 0.3) is 10.9 Å². The fraction of sp³-hybridized carbons (Fsp3) is 0.444. The van der Waals surface area contributed by atoms with E-state index in [9.17, 15) is 19.1 Å². The largest absolute Gasteiger partial charge is 0.506 e. The van der Waals surface area contributed by atoms with Crippen LogP contribution in [-0.2, 0) is 6.42 Å². The number of nitrogens with two attached hydrogens (primary N) is 1. The number of carbonyl (C=O) groups is 1. The van der Waals surface area contributed by atoms with E-state index in [1.807, 2.05) is 19.2 Å². The van der Waals surface area contributed by atoms with Crippen molar-refractivity contribution in [2.45, 2.75) is 32.7 Å². The molecule has 6 nitrogen and oxygen atoms in total. The SMILES string of the molecule is CC[NH2+]CCNC(=O)c1c(O)c2cc(F)cc3c2n(c1=O)C(C)CC3. The van der Waals surface area contributed by atoms with E-state index in [0.717, 1.165) is 6.54 Å². The Morgan fingerprint density at radius 3 is 2.96 bits per heavy atom. The zero-order valence-corrected chi connectivity index (χ0v) is 14.4. The molecule has 2 heterocycles. The van der Waals surface area contributed by atoms with E-state index in [0.29, 0.717) is 37.0 Å². The summed E-state index contributed by atoms with van der Waals surface area (Å²) in [6.07, 6.45) is 1.31. The third-order valence-electron chi connectivity index (χ3n) is 4.74. The van der Waals surface area contributed by atoms with Gasteiger partial charge in [-0.1, -0.05) is 0 Å². The smallest absolute Gasteiger partial charge is 0.267 e. The Morgan fingerprint density at radius 1 is 1.48 bits per heavy atom. The van der Waals surface area contributed by atoms with E-state index in [-0.39, 0.29) is 17.0 Å². The molecule has 0 radical (unpaired) electrons. The molecule has 4 N–H and O–H groups in total. The van der Waals surface area contributed by atoms with E-state index < -0.39 is 23.0 Å². The van der Waals surface area contributed by atoms with E-state index in [1.165, 1.54) is 16.7 Å². The van der Waals surface area contributed by atoms with Crippen LogP contribution in [0.2, 0.25) is 0 Å². The minimum absolute atomic E-state index is 0.117. The molecule has 0 spiro atoms. The van der Waals surface area contributed by atoms with Crippen LogP contribution >= 0.6 is 0 Å². The van der Waals surface area contributed by atoms with Crippen molar-refractivity contribution >= 4 is 16.8 Å². The number of carbonyl (C=O) groups excluding carboxylic acids is 1. The van der Waals surface area contributed by atoms with Gasteiger partial charge in [0, 0.05) is 11.4 Å². The molecule has 1 unspecified atom stereocenters. The lowest BCUT2D eigenvalue weighted by atomic mass is 9.95. The number of nitrogens with one attached hydrogen (secondary N) is 1. The van der Waals surface area contributed by atoms with Gasteiger partial charge >= 0.3 is 0 Å². The Morgan fingerprint density at radius 2 is 2.24 bits per heavy atom. The molecule has 7 heteroatoms. The van der Waals surface area contributed by atoms with Gasteiger partial charge in [-0.3, -0.25) is 9.59 Å². The Labute approximate surface area is 144 Å². The first-order valence-electron chi connectivity index (χ1n) is 8.65. The van der Waals surface area contributed by atoms with Gasteiger partial charge in [-0.15, -0.1) is 0 Å². The van der Waals surface area contributed by atoms with Crippen molar-refractivity contribution in [3.05, 3.63) is 39.4 Å². The lowest BCUT2D eigenvalue weighted by Crippen LogP contribution is -2.85. The van der Waals surface area contributed by atoms with Crippen LogP contribution in [0.4, 0.5) is 4.39 Å². The van der Waals surface area contributed by atoms with Crippen molar-refractivity contribution < 1.29 is 19.6 Å². The molecule has 1 aliphatic heterocycles. The van der Waals surface area contributed by atoms with Crippen molar-refractivity contribution in [3.63, 3.8) is 0 Å². The number of amides is 1. The Hall–Kier alpha value is -2.41. The van der Waals surface area contributed by atoms with E-state index in [4.69, 9.17) is 0 Å². The zero-order valence-electron chi connectivity index (χ0n) is 14.4. The van der Waals surface area contributed by atoms with Crippen molar-refractivity contribution in [1.29, 1.82) is 0 Å². The van der Waals surface area contributed by atoms with Crippen molar-refractivity contribution in [2.24, 2.45) is 0 Å². The number of hydrogen-bond donors (Lipinski definition) is 3. The summed E-state index contributed by atoms with van der Waals surface area (Å²) in [5.74, 6) is -1.55. The molecule has 3 rings (SSSR count). The topological polar surface area (TPSA) is 87.9 Å². The monoisotopic (exact) mass is 348 g/mol. The third-order valence-corrected chi connectivity index (χ3v) is 4.74. The second kappa shape index (κ2) is 6.84. The van der Waals surface area contributed by atoms with Gasteiger partial charge in [0.2, 0.25) is 0 Å². The van der Waals surface area contributed by atoms with Gasteiger partial charge < -0.3 is 20.3 Å². The Bertz CT molecular complexity index is 891. The van der Waals surface area contributed by atoms with Gasteiger partial charge in [-0.05, 0) is 44.4 Å². The predicted octanol–water partition coefficient (Wildman–Crippen LogP) is 0.666. The molecule has 1 aromatic carbocycles. The summed E-state index contributed by atoms with van der Waals surface area (Å²) < 4.78 is 15.4. The molecule has 1 aromatic heterocycles. The number of pyridine rings is 1. The summed E-state index contributed by atoms with van der Waals surface area (Å²) in [6, 6.07) is 2.46. The van der Waals surface area contributed by atoms with Crippen LogP contribution in [-0.4, -0.2) is 35.2 Å². The predicted molar refractivity (Wildman–Crippen MR) is 92.5 cm³/mol. The summed E-state index contributed by atoms with van der Waals surface area (Å²) in [5, 5.41) is 15.4. The second-order valence-corrected chi connectivity index (χ2v) is 6.49. The standard InChI is InChI=1S/C18H22FN3O3/c1-3-20-6-7-21-17(24)14-16(23)13-9-12(19)8-11-5-4-10(2)22(15(11)13)18(14)25/h8-10,20,23H,3-7H2,1-2H3,(H,21,24)/p+1. The molecule has 2 aromatic rings. The Kier molecular flexibility index (Phi) is 4.76. The van der Waals surface area contributed by atoms with Crippen LogP contribution in [0, 0.1) is 5.82 Å². The first-order valence-corrected chi connectivity index (χ1v) is 8.65. The average molecular weight is 348 g/mol. The average Bonchev–Trinajstić information content (AvgIpc) is 2.57. The van der Waals surface area contributed by atoms with Gasteiger partial charge in [0.25, 0.3) is 11.5 Å². The molecule has 134 valence electrons. The van der Waals surface area contributed by atoms with Crippen molar-refractivity contribution in [2.75, 3.05) is 19.6 Å². The number of quaternary nitrogens is 1. The number of nitrogens with zero attached hydrogens (tertiary/aromatic N) is 1. The Balaban J connectivity index is 2.14. The van der Waals surface area contributed by atoms with Crippen LogP contribution in [0.1, 0.15) is 42.2 Å². The third kappa shape index (κ3) is 3.00. The number of aryl methyl sites for hydroxylation is 1. The second-order valence-electron chi connectivity index (χ2n) is 6.49. The summed E-state index contributed by atoms with van der Waals surface area (Å²) in [5.41, 5.74) is 0.375. The molecule has 0 saturated carbocycles. The van der Waals surface area contributed by atoms with Crippen LogP contribution < -0.4 is 16.2 Å². The number of aromatic nitrogens is 1. The first-order chi connectivity index (χ1) is 12.0. The summed E-state index contributed by atoms with van der Waals surface area (Å²) in [4.78, 5) is 25.4. The minimum atomic E-state index is -0.624. The molecule has 1 atom stereocenters. The van der Waals surface area contributed by atoms with Gasteiger partial charge in [0.05, 0.1) is 25.2 Å². The lowest BCUT2D eigenvalue weighted by molar-refractivity contribution is -0.649. The zero-order chi connectivity index (χ0) is 18.1. The highest BCUT2D eigenvalue weighted by Gasteiger charge is 2.28. The quantitative estimate of drug-likeness (QED) is 0.694.